The van der Waals surface area contributed by atoms with Crippen LogP contribution in [-0.2, 0) is 4.79 Å². The van der Waals surface area contributed by atoms with Gasteiger partial charge in [-0.2, -0.15) is 0 Å². The van der Waals surface area contributed by atoms with Gasteiger partial charge < -0.3 is 14.9 Å². The van der Waals surface area contributed by atoms with Crippen molar-refractivity contribution in [3.8, 4) is 0 Å². The Morgan fingerprint density at radius 3 is 2.40 bits per heavy atom. The van der Waals surface area contributed by atoms with Crippen LogP contribution >= 0.6 is 0 Å². The van der Waals surface area contributed by atoms with Gasteiger partial charge in [0.1, 0.15) is 12.5 Å². The Morgan fingerprint density at radius 2 is 2.20 bits per heavy atom. The molecular weight excluding hydrogens is 134 g/mol. The summed E-state index contributed by atoms with van der Waals surface area (Å²) in [5, 5.41) is 8.24. The average molecular weight is 141 g/mol. The minimum Gasteiger partial charge on any atom is -0.477 e. The smallest absolute Gasteiger partial charge is 0.352 e. The molecule has 4 heteroatoms. The van der Waals surface area contributed by atoms with Crippen molar-refractivity contribution < 1.29 is 14.7 Å². The van der Waals surface area contributed by atoms with E-state index in [-0.39, 0.29) is 5.69 Å². The van der Waals surface area contributed by atoms with Gasteiger partial charge in [0, 0.05) is 6.20 Å². The Morgan fingerprint density at radius 1 is 1.60 bits per heavy atom. The summed E-state index contributed by atoms with van der Waals surface area (Å²) in [6.45, 7) is 2.00. The summed E-state index contributed by atoms with van der Waals surface area (Å²) in [6, 6.07) is 3.14. The van der Waals surface area contributed by atoms with E-state index in [1.165, 1.54) is 6.07 Å². The molecule has 0 spiro atoms. The molecule has 0 atom stereocenters. The second kappa shape index (κ2) is 4.31. The normalized spacial score (nSPS) is 7.60. The average Bonchev–Trinajstić information content (AvgIpc) is 2.42. The Balaban J connectivity index is 0.000000371. The van der Waals surface area contributed by atoms with Crippen LogP contribution in [0.2, 0.25) is 0 Å². The molecule has 4 nitrogen and oxygen atoms in total. The first-order valence-electron chi connectivity index (χ1n) is 2.46. The van der Waals surface area contributed by atoms with E-state index in [9.17, 15) is 4.79 Å². The van der Waals surface area contributed by atoms with Gasteiger partial charge in [-0.3, -0.25) is 0 Å². The lowest BCUT2D eigenvalue weighted by atomic mass is 10.4. The van der Waals surface area contributed by atoms with E-state index in [2.05, 4.69) is 4.98 Å². The van der Waals surface area contributed by atoms with Crippen molar-refractivity contribution in [1.29, 1.82) is 0 Å². The van der Waals surface area contributed by atoms with Crippen molar-refractivity contribution in [2.45, 2.75) is 0 Å². The quantitative estimate of drug-likeness (QED) is 0.599. The number of aromatic carboxylic acids is 1. The lowest BCUT2D eigenvalue weighted by Crippen LogP contribution is -1.94. The third-order valence-electron chi connectivity index (χ3n) is 0.828. The molecule has 0 bridgehead atoms. The van der Waals surface area contributed by atoms with Crippen LogP contribution in [0.5, 0.6) is 0 Å². The molecule has 1 aromatic rings. The molecule has 0 aliphatic heterocycles. The molecule has 0 aliphatic rings. The Kier molecular flexibility index (Phi) is 3.63. The number of carbonyl (C=O) groups excluding carboxylic acids is 1. The molecule has 0 aromatic carbocycles. The molecule has 1 aromatic heterocycles. The maximum Gasteiger partial charge on any atom is 0.352 e. The minimum atomic E-state index is -0.921. The molecule has 1 rings (SSSR count). The van der Waals surface area contributed by atoms with Crippen molar-refractivity contribution in [3.63, 3.8) is 0 Å². The summed E-state index contributed by atoms with van der Waals surface area (Å²) in [5.41, 5.74) is 0.227. The van der Waals surface area contributed by atoms with Crippen LogP contribution in [0.25, 0.3) is 0 Å². The second-order valence-electron chi connectivity index (χ2n) is 1.39. The van der Waals surface area contributed by atoms with Crippen molar-refractivity contribution in [2.75, 3.05) is 0 Å². The predicted octanol–water partition coefficient (Wildman–Crippen LogP) is 0.528. The number of rotatable bonds is 1. The molecule has 0 aliphatic carbocycles. The fraction of sp³-hybridized carbons (Fsp3) is 0. The van der Waals surface area contributed by atoms with Crippen molar-refractivity contribution in [1.82, 2.24) is 4.98 Å². The van der Waals surface area contributed by atoms with E-state index >= 15 is 0 Å². The molecule has 10 heavy (non-hydrogen) atoms. The topological polar surface area (TPSA) is 70.2 Å². The first kappa shape index (κ1) is 8.42. The van der Waals surface area contributed by atoms with Crippen LogP contribution in [0.4, 0.5) is 0 Å². The van der Waals surface area contributed by atoms with Crippen LogP contribution in [0.15, 0.2) is 18.3 Å². The molecule has 0 amide bonds. The van der Waals surface area contributed by atoms with E-state index < -0.39 is 5.97 Å². The third-order valence-corrected chi connectivity index (χ3v) is 0.828. The van der Waals surface area contributed by atoms with Gasteiger partial charge in [-0.05, 0) is 12.1 Å². The standard InChI is InChI=1S/C5H5NO2.CH2O/c7-5(8)4-2-1-3-6-4;1-2/h1-3,6H,(H,7,8);1H2. The number of hydrogen-bond acceptors (Lipinski definition) is 2. The zero-order valence-electron chi connectivity index (χ0n) is 5.20. The molecule has 0 fully saturated rings. The van der Waals surface area contributed by atoms with Crippen molar-refractivity contribution in [3.05, 3.63) is 24.0 Å². The van der Waals surface area contributed by atoms with E-state index in [0.717, 1.165) is 0 Å². The number of hydrogen-bond donors (Lipinski definition) is 2. The van der Waals surface area contributed by atoms with Gasteiger partial charge in [-0.25, -0.2) is 4.79 Å². The number of carbonyl (C=O) groups is 2. The van der Waals surface area contributed by atoms with Gasteiger partial charge in [0.15, 0.2) is 0 Å². The lowest BCUT2D eigenvalue weighted by Gasteiger charge is -1.80. The highest BCUT2D eigenvalue weighted by molar-refractivity contribution is 5.85. The van der Waals surface area contributed by atoms with Crippen molar-refractivity contribution >= 4 is 12.8 Å². The van der Waals surface area contributed by atoms with Crippen LogP contribution in [0, 0.1) is 0 Å². The largest absolute Gasteiger partial charge is 0.477 e. The van der Waals surface area contributed by atoms with Gasteiger partial charge in [-0.1, -0.05) is 0 Å². The minimum absolute atomic E-state index is 0.227. The molecule has 2 N–H and O–H groups in total. The lowest BCUT2D eigenvalue weighted by molar-refractivity contribution is -0.0980. The molecule has 54 valence electrons. The molecular formula is C6H7NO3. The first-order valence-corrected chi connectivity index (χ1v) is 2.46. The number of aromatic nitrogens is 1. The van der Waals surface area contributed by atoms with Crippen LogP contribution in [0.1, 0.15) is 10.5 Å². The number of nitrogens with one attached hydrogen (secondary N) is 1. The zero-order chi connectivity index (χ0) is 7.98. The summed E-state index contributed by atoms with van der Waals surface area (Å²) in [5.74, 6) is -0.921. The highest BCUT2D eigenvalue weighted by Gasteiger charge is 1.98. The predicted molar refractivity (Wildman–Crippen MR) is 34.9 cm³/mol. The fourth-order valence-electron chi connectivity index (χ4n) is 0.463. The first-order chi connectivity index (χ1) is 4.80. The number of carboxylic acid groups (broad SMARTS) is 1. The molecule has 1 heterocycles. The third kappa shape index (κ3) is 2.13. The van der Waals surface area contributed by atoms with Gasteiger partial charge in [-0.15, -0.1) is 0 Å². The SMILES string of the molecule is C=O.O=C(O)c1ccc[nH]1. The summed E-state index contributed by atoms with van der Waals surface area (Å²) >= 11 is 0. The molecule has 0 radical (unpaired) electrons. The van der Waals surface area contributed by atoms with E-state index in [4.69, 9.17) is 9.90 Å². The number of aromatic amines is 1. The van der Waals surface area contributed by atoms with Crippen LogP contribution < -0.4 is 0 Å². The van der Waals surface area contributed by atoms with Gasteiger partial charge in [0.25, 0.3) is 0 Å². The summed E-state index contributed by atoms with van der Waals surface area (Å²) in [7, 11) is 0. The number of H-pyrrole nitrogens is 1. The van der Waals surface area contributed by atoms with E-state index in [1.807, 2.05) is 6.79 Å². The maximum absolute atomic E-state index is 10.0. The maximum atomic E-state index is 10.0. The summed E-state index contributed by atoms with van der Waals surface area (Å²) in [4.78, 5) is 20.6. The second-order valence-corrected chi connectivity index (χ2v) is 1.39. The molecule has 0 saturated heterocycles. The van der Waals surface area contributed by atoms with Crippen LogP contribution in [0.3, 0.4) is 0 Å². The molecule has 0 saturated carbocycles. The van der Waals surface area contributed by atoms with Gasteiger partial charge >= 0.3 is 5.97 Å². The van der Waals surface area contributed by atoms with E-state index in [1.54, 1.807) is 12.3 Å². The Labute approximate surface area is 57.5 Å². The fourth-order valence-corrected chi connectivity index (χ4v) is 0.463. The summed E-state index contributed by atoms with van der Waals surface area (Å²) in [6.07, 6.45) is 1.57. The summed E-state index contributed by atoms with van der Waals surface area (Å²) < 4.78 is 0. The van der Waals surface area contributed by atoms with E-state index in [0.29, 0.717) is 0 Å². The highest BCUT2D eigenvalue weighted by atomic mass is 16.4. The van der Waals surface area contributed by atoms with Crippen molar-refractivity contribution in [2.24, 2.45) is 0 Å². The van der Waals surface area contributed by atoms with Gasteiger partial charge in [0.2, 0.25) is 0 Å². The molecule has 0 unspecified atom stereocenters. The van der Waals surface area contributed by atoms with Crippen LogP contribution in [-0.4, -0.2) is 22.8 Å². The zero-order valence-corrected chi connectivity index (χ0v) is 5.20. The monoisotopic (exact) mass is 141 g/mol. The Bertz CT molecular complexity index is 193. The number of carboxylic acids is 1. The van der Waals surface area contributed by atoms with Gasteiger partial charge in [0.05, 0.1) is 0 Å². The highest BCUT2D eigenvalue weighted by Crippen LogP contribution is 1.91. The Hall–Kier alpha value is -1.58.